The van der Waals surface area contributed by atoms with Crippen molar-refractivity contribution >= 4 is 17.1 Å². The van der Waals surface area contributed by atoms with Crippen molar-refractivity contribution in [1.82, 2.24) is 45.0 Å². The summed E-state index contributed by atoms with van der Waals surface area (Å²) in [5.74, 6) is 9.48. The van der Waals surface area contributed by atoms with Crippen molar-refractivity contribution < 1.29 is 72.2 Å². The number of hydrogen-bond acceptors (Lipinski definition) is 27. The van der Waals surface area contributed by atoms with Crippen LogP contribution < -0.4 is 77.7 Å². The quantitative estimate of drug-likeness (QED) is 0.0254. The van der Waals surface area contributed by atoms with Crippen LogP contribution >= 0.6 is 0 Å². The van der Waals surface area contributed by atoms with E-state index in [-0.39, 0.29) is 38.7 Å². The van der Waals surface area contributed by atoms with Gasteiger partial charge in [-0.15, -0.1) is 0 Å². The van der Waals surface area contributed by atoms with Gasteiger partial charge < -0.3 is 103 Å². The van der Waals surface area contributed by atoms with Gasteiger partial charge in [0.15, 0.2) is 0 Å². The number of likely N-dealkylation sites (N-methyl/N-ethyl adjacent to an activating group) is 3. The first kappa shape index (κ1) is 78.0. The predicted octanol–water partition coefficient (Wildman–Crippen LogP) is 12.4. The Bertz CT molecular complexity index is 3920. The van der Waals surface area contributed by atoms with Crippen molar-refractivity contribution in [2.75, 3.05) is 132 Å². The summed E-state index contributed by atoms with van der Waals surface area (Å²) in [4.78, 5) is 33.6. The molecule has 0 spiro atoms. The van der Waals surface area contributed by atoms with E-state index in [1.54, 1.807) is 85.5 Å². The van der Waals surface area contributed by atoms with Crippen molar-refractivity contribution in [2.24, 2.45) is 0 Å². The van der Waals surface area contributed by atoms with Gasteiger partial charge in [0.1, 0.15) is 92.2 Å². The molecule has 9 aromatic rings. The van der Waals surface area contributed by atoms with Crippen LogP contribution in [0.5, 0.6) is 105 Å². The van der Waals surface area contributed by atoms with E-state index in [0.29, 0.717) is 81.6 Å². The Labute approximate surface area is 602 Å². The molecule has 0 unspecified atom stereocenters. The fourth-order valence-electron chi connectivity index (χ4n) is 10.8. The largest absolute Gasteiger partial charge is 0.497 e. The molecule has 3 aliphatic rings. The lowest BCUT2D eigenvalue weighted by molar-refractivity contribution is 0.0450. The summed E-state index contributed by atoms with van der Waals surface area (Å²) < 4.78 is 67.1. The lowest BCUT2D eigenvalue weighted by Gasteiger charge is -2.27. The summed E-state index contributed by atoms with van der Waals surface area (Å²) in [6.07, 6.45) is 11.3. The molecule has 27 nitrogen and oxygen atoms in total. The molecule has 3 fully saturated rings. The number of likely N-dealkylation sites (tertiary alicyclic amines) is 2. The second kappa shape index (κ2) is 40.7. The average Bonchev–Trinajstić information content (AvgIpc) is 1.51. The molecule has 550 valence electrons. The number of nitrogens with one attached hydrogen (secondary N) is 3. The minimum Gasteiger partial charge on any atom is -0.497 e. The Morgan fingerprint density at radius 3 is 1.08 bits per heavy atom. The number of nitrogens with zero attached hydrogens (tertiary/aromatic N) is 9. The van der Waals surface area contributed by atoms with Gasteiger partial charge >= 0.3 is 18.0 Å². The highest BCUT2D eigenvalue weighted by molar-refractivity contribution is 5.57. The number of aliphatic hydroxyl groups is 3. The molecule has 0 saturated carbocycles. The van der Waals surface area contributed by atoms with Gasteiger partial charge in [-0.25, -0.2) is 15.0 Å². The van der Waals surface area contributed by atoms with Gasteiger partial charge in [-0.3, -0.25) is 0 Å². The second-order valence-corrected chi connectivity index (χ2v) is 23.8. The second-order valence-electron chi connectivity index (χ2n) is 23.8. The number of rotatable bonds is 29. The summed E-state index contributed by atoms with van der Waals surface area (Å²) in [5.41, 5.74) is 2.21. The van der Waals surface area contributed by atoms with E-state index in [0.717, 1.165) is 92.3 Å². The third kappa shape index (κ3) is 24.3. The minimum absolute atomic E-state index is 0. The van der Waals surface area contributed by atoms with Gasteiger partial charge in [0, 0.05) is 44.8 Å². The minimum atomic E-state index is -0.954. The van der Waals surface area contributed by atoms with Crippen molar-refractivity contribution in [1.29, 1.82) is 0 Å². The van der Waals surface area contributed by atoms with Crippen LogP contribution in [0.25, 0.3) is 0 Å². The van der Waals surface area contributed by atoms with Crippen molar-refractivity contribution in [3.8, 4) is 105 Å². The lowest BCUT2D eigenvalue weighted by Crippen LogP contribution is -2.36. The smallest absolute Gasteiger partial charge is 0.325 e. The molecule has 0 amide bonds. The van der Waals surface area contributed by atoms with Crippen molar-refractivity contribution in [3.05, 3.63) is 164 Å². The fourth-order valence-corrected chi connectivity index (χ4v) is 10.8. The highest BCUT2D eigenvalue weighted by Crippen LogP contribution is 2.37. The van der Waals surface area contributed by atoms with Gasteiger partial charge in [-0.2, -0.15) is 15.0 Å². The van der Waals surface area contributed by atoms with Crippen LogP contribution in [0.2, 0.25) is 0 Å². The fraction of sp³-hybridized carbons (Fsp3) is 0.368. The van der Waals surface area contributed by atoms with E-state index in [9.17, 15) is 0 Å². The first-order valence-corrected chi connectivity index (χ1v) is 33.5. The van der Waals surface area contributed by atoms with Gasteiger partial charge in [0.05, 0.1) is 74.5 Å². The van der Waals surface area contributed by atoms with Crippen LogP contribution in [-0.4, -0.2) is 196 Å². The zero-order chi connectivity index (χ0) is 72.0. The topological polar surface area (TPSA) is 295 Å². The van der Waals surface area contributed by atoms with Gasteiger partial charge in [-0.05, 0) is 218 Å². The molecule has 0 aliphatic carbocycles. The average molecular weight is 1420 g/mol. The van der Waals surface area contributed by atoms with Crippen LogP contribution in [0, 0.1) is 0 Å². The number of benzene rings is 6. The molecule has 12 rings (SSSR count). The summed E-state index contributed by atoms with van der Waals surface area (Å²) >= 11 is 0. The number of aliphatic hydroxyl groups excluding tert-OH is 3. The van der Waals surface area contributed by atoms with Crippen LogP contribution in [0.15, 0.2) is 164 Å². The molecule has 103 heavy (non-hydrogen) atoms. The molecule has 6 N–H and O–H groups in total. The molecule has 27 heteroatoms. The number of hydrogen-bond donors (Lipinski definition) is 6. The highest BCUT2D eigenvalue weighted by Gasteiger charge is 2.26. The van der Waals surface area contributed by atoms with Gasteiger partial charge in [-0.1, -0.05) is 7.43 Å². The summed E-state index contributed by atoms with van der Waals surface area (Å²) in [7, 11) is 16.1. The third-order valence-electron chi connectivity index (χ3n) is 16.7. The molecule has 0 radical (unpaired) electrons. The highest BCUT2D eigenvalue weighted by atomic mass is 16.5. The van der Waals surface area contributed by atoms with E-state index in [1.807, 2.05) is 128 Å². The van der Waals surface area contributed by atoms with E-state index in [4.69, 9.17) is 72.2 Å². The van der Waals surface area contributed by atoms with Crippen LogP contribution in [-0.2, 0) is 0 Å². The Morgan fingerprint density at radius 1 is 0.437 bits per heavy atom. The monoisotopic (exact) mass is 1420 g/mol. The molecule has 3 saturated heterocycles. The first-order chi connectivity index (χ1) is 49.7. The Morgan fingerprint density at radius 2 is 0.757 bits per heavy atom. The summed E-state index contributed by atoms with van der Waals surface area (Å²) in [5, 5.41) is 34.3. The van der Waals surface area contributed by atoms with Crippen molar-refractivity contribution in [3.63, 3.8) is 0 Å². The van der Waals surface area contributed by atoms with E-state index in [2.05, 4.69) is 74.6 Å². The van der Waals surface area contributed by atoms with E-state index >= 15 is 0 Å². The predicted molar refractivity (Wildman–Crippen MR) is 394 cm³/mol. The van der Waals surface area contributed by atoms with Crippen molar-refractivity contribution in [2.45, 2.75) is 70.2 Å². The molecule has 6 heterocycles. The zero-order valence-corrected chi connectivity index (χ0v) is 59.1. The molecular formula is C76H96N12O15. The molecular weight excluding hydrogens is 1320 g/mol. The third-order valence-corrected chi connectivity index (χ3v) is 16.7. The van der Waals surface area contributed by atoms with Crippen LogP contribution in [0.1, 0.15) is 46.0 Å². The normalized spacial score (nSPS) is 15.2. The lowest BCUT2D eigenvalue weighted by atomic mass is 10.2. The Balaban J connectivity index is 0.000000187. The van der Waals surface area contributed by atoms with E-state index in [1.165, 1.54) is 25.7 Å². The first-order valence-electron chi connectivity index (χ1n) is 33.5. The van der Waals surface area contributed by atoms with Crippen LogP contribution in [0.4, 0.5) is 17.1 Å². The van der Waals surface area contributed by atoms with Gasteiger partial charge in [0.25, 0.3) is 0 Å². The van der Waals surface area contributed by atoms with Gasteiger partial charge in [0.2, 0.25) is 17.6 Å². The molecule has 6 aromatic carbocycles. The number of aromatic nitrogens is 6. The molecule has 3 aromatic heterocycles. The number of ether oxygens (including phenoxy) is 12. The molecule has 3 atom stereocenters. The molecule has 0 bridgehead atoms. The van der Waals surface area contributed by atoms with Crippen LogP contribution in [0.3, 0.4) is 0 Å². The Kier molecular flexibility index (Phi) is 30.8. The number of methoxy groups -OCH3 is 6. The zero-order valence-electron chi connectivity index (χ0n) is 59.1. The molecule has 3 aliphatic heterocycles. The summed E-state index contributed by atoms with van der Waals surface area (Å²) in [6.45, 7) is 4.97. The SMILES string of the molecule is C.COc1ccc(Oc2ncc(N(C)C[C@@H]3CCCN3C)c(Oc3ccc(OC)cc3)n2)cc1.COc1ccc(Oc2ncc(NC[C@@H]3CCCN3)c(Oc3ccc(OC)cc3)n2)cc1.COc1ccc(Oc2ncc(NC[C@@H]3CCCN3C)c(Oc3ccc(OC)cc3)n2)cc1.OCC(O)CO. The maximum absolute atomic E-state index is 8.17. The summed E-state index contributed by atoms with van der Waals surface area (Å²) in [6, 6.07) is 45.7. The number of anilines is 3. The maximum Gasteiger partial charge on any atom is 0.325 e. The Hall–Kier alpha value is -10.7. The standard InChI is InChI=1S/C25H30N4O4.C24H28N4O4.C23H26N4O4.C3H8O3.CH4/c1-28-15-5-6-18(28)17-29(2)23-16-26-25(33-22-13-9-20(31-4)10-14-22)27-24(23)32-21-11-7-19(30-3)8-12-21;1-28-14-4-5-17(28)15-25-22-16-26-24(32-21-12-8-19(30-3)9-13-21)27-23(22)31-20-10-6-18(29-2)7-11-20;1-28-17-5-9-19(10-6-17)30-22-21(25-14-16-4-3-13-24-16)15-26-23(27-22)31-20-11-7-18(29-2)8-12-20;4-1-3(6)2-5;/h7-14,16,18H,5-6,15,17H2,1-4H3;6-13,16-17,25H,4-5,14-15H2,1-3H3;5-12,15-16,24-25H,3-4,13-14H2,1-2H3;3-6H,1-2H2;1H4/t18-;17-;16-;;/m000../s1. The van der Waals surface area contributed by atoms with E-state index < -0.39 is 6.10 Å². The maximum atomic E-state index is 8.17.